The van der Waals surface area contributed by atoms with Gasteiger partial charge in [0.25, 0.3) is 0 Å². The second-order valence-corrected chi connectivity index (χ2v) is 7.48. The van der Waals surface area contributed by atoms with Crippen molar-refractivity contribution in [2.45, 2.75) is 37.0 Å². The van der Waals surface area contributed by atoms with Crippen molar-refractivity contribution in [2.75, 3.05) is 11.1 Å². The number of hydrogen-bond acceptors (Lipinski definition) is 1. The monoisotopic (exact) mass is 366 g/mol. The highest BCUT2D eigenvalue weighted by Crippen LogP contribution is 2.42. The molecule has 0 nitrogen and oxygen atoms in total. The third kappa shape index (κ3) is 3.82. The molecule has 2 rings (SSSR count). The Morgan fingerprint density at radius 1 is 1.11 bits per heavy atom. The lowest BCUT2D eigenvalue weighted by Gasteiger charge is -2.35. The summed E-state index contributed by atoms with van der Waals surface area (Å²) < 4.78 is 0. The highest BCUT2D eigenvalue weighted by Gasteiger charge is 2.30. The Morgan fingerprint density at radius 2 is 1.83 bits per heavy atom. The fourth-order valence-electron chi connectivity index (χ4n) is 2.42. The zero-order valence-electron chi connectivity index (χ0n) is 10.2. The minimum Gasteiger partial charge on any atom is -0.126 e. The Balaban J connectivity index is 1.98. The van der Waals surface area contributed by atoms with E-state index >= 15 is 0 Å². The lowest BCUT2D eigenvalue weighted by Crippen LogP contribution is -2.28. The number of hydrogen-bond donors (Lipinski definition) is 0. The molecule has 1 aromatic rings. The van der Waals surface area contributed by atoms with E-state index in [9.17, 15) is 0 Å². The summed E-state index contributed by atoms with van der Waals surface area (Å²) in [5.74, 6) is 1.16. The second-order valence-electron chi connectivity index (χ2n) is 5.06. The van der Waals surface area contributed by atoms with Gasteiger partial charge in [-0.05, 0) is 36.5 Å². The van der Waals surface area contributed by atoms with Gasteiger partial charge in [0.15, 0.2) is 0 Å². The van der Waals surface area contributed by atoms with Crippen molar-refractivity contribution in [3.8, 4) is 0 Å². The number of alkyl halides is 1. The van der Waals surface area contributed by atoms with Crippen molar-refractivity contribution >= 4 is 50.9 Å². The van der Waals surface area contributed by atoms with E-state index in [4.69, 9.17) is 23.2 Å². The van der Waals surface area contributed by atoms with Gasteiger partial charge in [-0.2, -0.15) is 0 Å². The fourth-order valence-corrected chi connectivity index (χ4v) is 5.03. The molecule has 0 bridgehead atoms. The van der Waals surface area contributed by atoms with Gasteiger partial charge in [-0.3, -0.25) is 0 Å². The maximum Gasteiger partial charge on any atom is 0.0603 e. The van der Waals surface area contributed by atoms with Crippen LogP contribution < -0.4 is 0 Å². The van der Waals surface area contributed by atoms with Gasteiger partial charge in [0.2, 0.25) is 0 Å². The summed E-state index contributed by atoms with van der Waals surface area (Å²) in [5, 5.41) is 2.39. The molecule has 0 radical (unpaired) electrons. The van der Waals surface area contributed by atoms with Crippen molar-refractivity contribution in [3.05, 3.63) is 28.2 Å². The van der Waals surface area contributed by atoms with Crippen molar-refractivity contribution in [1.82, 2.24) is 0 Å². The fraction of sp³-hybridized carbons (Fsp3) is 0.571. The minimum atomic E-state index is 0.467. The molecular weight excluding hydrogens is 351 g/mol. The van der Waals surface area contributed by atoms with E-state index in [2.05, 4.69) is 22.0 Å². The molecule has 0 saturated heterocycles. The lowest BCUT2D eigenvalue weighted by molar-refractivity contribution is 0.260. The third-order valence-electron chi connectivity index (χ3n) is 3.63. The Labute approximate surface area is 132 Å². The van der Waals surface area contributed by atoms with E-state index < -0.39 is 0 Å². The molecule has 0 heterocycles. The van der Waals surface area contributed by atoms with Crippen LogP contribution >= 0.6 is 50.9 Å². The van der Waals surface area contributed by atoms with Crippen LogP contribution in [0, 0.1) is 5.41 Å². The SMILES string of the molecule is Clc1ccc(SCC2(CBr)CCCCC2)cc1Cl. The first-order chi connectivity index (χ1) is 8.65. The average molecular weight is 368 g/mol. The van der Waals surface area contributed by atoms with Crippen LogP contribution in [0.2, 0.25) is 10.0 Å². The van der Waals surface area contributed by atoms with Gasteiger partial charge >= 0.3 is 0 Å². The van der Waals surface area contributed by atoms with E-state index in [-0.39, 0.29) is 0 Å². The van der Waals surface area contributed by atoms with Crippen LogP contribution in [0.1, 0.15) is 32.1 Å². The van der Waals surface area contributed by atoms with Crippen molar-refractivity contribution in [3.63, 3.8) is 0 Å². The maximum absolute atomic E-state index is 6.05. The first kappa shape index (κ1) is 15.0. The molecule has 1 aromatic carbocycles. The molecule has 0 aromatic heterocycles. The molecule has 0 spiro atoms. The zero-order valence-corrected chi connectivity index (χ0v) is 14.1. The molecule has 0 unspecified atom stereocenters. The summed E-state index contributed by atoms with van der Waals surface area (Å²) in [6.07, 6.45) is 6.81. The Kier molecular flexibility index (Phi) is 5.74. The summed E-state index contributed by atoms with van der Waals surface area (Å²) in [5.41, 5.74) is 0.467. The molecule has 100 valence electrons. The summed E-state index contributed by atoms with van der Waals surface area (Å²) in [4.78, 5) is 1.22. The third-order valence-corrected chi connectivity index (χ3v) is 6.91. The van der Waals surface area contributed by atoms with Gasteiger partial charge in [-0.1, -0.05) is 58.4 Å². The van der Waals surface area contributed by atoms with E-state index in [1.54, 1.807) is 0 Å². The van der Waals surface area contributed by atoms with Crippen molar-refractivity contribution in [2.24, 2.45) is 5.41 Å². The molecule has 18 heavy (non-hydrogen) atoms. The molecular formula is C14H17BrCl2S. The Hall–Kier alpha value is 0.630. The highest BCUT2D eigenvalue weighted by molar-refractivity contribution is 9.09. The van der Waals surface area contributed by atoms with Gasteiger partial charge in [0, 0.05) is 16.0 Å². The van der Waals surface area contributed by atoms with E-state index in [1.807, 2.05) is 23.9 Å². The van der Waals surface area contributed by atoms with Crippen molar-refractivity contribution < 1.29 is 0 Å². The molecule has 0 atom stereocenters. The lowest BCUT2D eigenvalue weighted by atomic mass is 9.77. The Bertz CT molecular complexity index is 403. The molecule has 4 heteroatoms. The smallest absolute Gasteiger partial charge is 0.0603 e. The number of rotatable bonds is 4. The Morgan fingerprint density at radius 3 is 2.44 bits per heavy atom. The van der Waals surface area contributed by atoms with Crippen LogP contribution in [-0.2, 0) is 0 Å². The summed E-state index contributed by atoms with van der Waals surface area (Å²) in [6, 6.07) is 5.91. The zero-order chi connectivity index (χ0) is 13.0. The second kappa shape index (κ2) is 6.88. The summed E-state index contributed by atoms with van der Waals surface area (Å²) in [6.45, 7) is 0. The molecule has 0 N–H and O–H groups in total. The molecule has 1 fully saturated rings. The topological polar surface area (TPSA) is 0 Å². The van der Waals surface area contributed by atoms with Crippen molar-refractivity contribution in [1.29, 1.82) is 0 Å². The number of halogens is 3. The summed E-state index contributed by atoms with van der Waals surface area (Å²) in [7, 11) is 0. The maximum atomic E-state index is 6.05. The van der Waals surface area contributed by atoms with Crippen LogP contribution in [0.4, 0.5) is 0 Å². The quantitative estimate of drug-likeness (QED) is 0.436. The average Bonchev–Trinajstić information content (AvgIpc) is 2.41. The first-order valence-corrected chi connectivity index (χ1v) is 9.15. The van der Waals surface area contributed by atoms with Crippen LogP contribution in [0.5, 0.6) is 0 Å². The standard InChI is InChI=1S/C14H17BrCl2S/c15-9-14(6-2-1-3-7-14)10-18-11-4-5-12(16)13(17)8-11/h4-5,8H,1-3,6-7,9-10H2. The van der Waals surface area contributed by atoms with E-state index in [1.165, 1.54) is 37.0 Å². The van der Waals surface area contributed by atoms with Crippen LogP contribution in [0.25, 0.3) is 0 Å². The largest absolute Gasteiger partial charge is 0.126 e. The van der Waals surface area contributed by atoms with E-state index in [0.29, 0.717) is 15.5 Å². The van der Waals surface area contributed by atoms with E-state index in [0.717, 1.165) is 11.1 Å². The van der Waals surface area contributed by atoms with Gasteiger partial charge in [-0.15, -0.1) is 11.8 Å². The highest BCUT2D eigenvalue weighted by atomic mass is 79.9. The van der Waals surface area contributed by atoms with Gasteiger partial charge in [0.1, 0.15) is 0 Å². The van der Waals surface area contributed by atoms with Crippen LogP contribution in [0.15, 0.2) is 23.1 Å². The van der Waals surface area contributed by atoms with Crippen LogP contribution in [-0.4, -0.2) is 11.1 Å². The molecule has 0 amide bonds. The van der Waals surface area contributed by atoms with Gasteiger partial charge in [-0.25, -0.2) is 0 Å². The number of thioether (sulfide) groups is 1. The molecule has 1 aliphatic carbocycles. The molecule has 1 aliphatic rings. The molecule has 0 aliphatic heterocycles. The normalized spacial score (nSPS) is 18.8. The summed E-state index contributed by atoms with van der Waals surface area (Å²) >= 11 is 17.6. The first-order valence-electron chi connectivity index (χ1n) is 6.29. The van der Waals surface area contributed by atoms with Gasteiger partial charge < -0.3 is 0 Å². The molecule has 1 saturated carbocycles. The minimum absolute atomic E-state index is 0.467. The van der Waals surface area contributed by atoms with Crippen LogP contribution in [0.3, 0.4) is 0 Å². The van der Waals surface area contributed by atoms with Gasteiger partial charge in [0.05, 0.1) is 10.0 Å². The predicted octanol–water partition coefficient (Wildman–Crippen LogP) is 6.43. The number of benzene rings is 1. The predicted molar refractivity (Wildman–Crippen MR) is 86.5 cm³/mol.